The molecule has 2 heterocycles. The Hall–Kier alpha value is -0.710. The third-order valence-electron chi connectivity index (χ3n) is 2.16. The van der Waals surface area contributed by atoms with Gasteiger partial charge >= 0.3 is 0 Å². The van der Waals surface area contributed by atoms with Gasteiger partial charge in [-0.25, -0.2) is 0 Å². The van der Waals surface area contributed by atoms with E-state index in [4.69, 9.17) is 5.73 Å². The maximum atomic E-state index is 6.15. The van der Waals surface area contributed by atoms with Crippen LogP contribution in [-0.2, 0) is 0 Å². The van der Waals surface area contributed by atoms with Crippen LogP contribution in [0.15, 0.2) is 34.1 Å². The lowest BCUT2D eigenvalue weighted by molar-refractivity contribution is 0.835. The first-order valence-corrected chi connectivity index (χ1v) is 6.28. The number of rotatable bonds is 2. The third kappa shape index (κ3) is 2.27. The van der Waals surface area contributed by atoms with Crippen LogP contribution in [0, 0.1) is 6.92 Å². The van der Waals surface area contributed by atoms with Crippen LogP contribution in [0.4, 0.5) is 0 Å². The third-order valence-corrected chi connectivity index (χ3v) is 4.11. The van der Waals surface area contributed by atoms with E-state index in [0.717, 1.165) is 20.7 Å². The lowest BCUT2D eigenvalue weighted by Crippen LogP contribution is -2.12. The number of nitrogens with zero attached hydrogens (tertiary/aromatic N) is 1. The lowest BCUT2D eigenvalue weighted by Gasteiger charge is -2.10. The molecule has 0 bridgehead atoms. The molecule has 1 atom stereocenters. The number of hydrogen-bond acceptors (Lipinski definition) is 3. The molecule has 15 heavy (non-hydrogen) atoms. The van der Waals surface area contributed by atoms with E-state index in [-0.39, 0.29) is 6.04 Å². The van der Waals surface area contributed by atoms with Gasteiger partial charge in [0.2, 0.25) is 0 Å². The zero-order chi connectivity index (χ0) is 10.8. The van der Waals surface area contributed by atoms with Gasteiger partial charge in [0, 0.05) is 15.0 Å². The Morgan fingerprint density at radius 3 is 2.80 bits per heavy atom. The SMILES string of the molecule is Cc1cccc(C(N)c2sccc2Br)n1. The largest absolute Gasteiger partial charge is 0.318 e. The molecule has 0 spiro atoms. The molecule has 2 nitrogen and oxygen atoms in total. The monoisotopic (exact) mass is 282 g/mol. The van der Waals surface area contributed by atoms with E-state index in [2.05, 4.69) is 20.9 Å². The molecule has 1 unspecified atom stereocenters. The lowest BCUT2D eigenvalue weighted by atomic mass is 10.1. The zero-order valence-electron chi connectivity index (χ0n) is 8.27. The maximum Gasteiger partial charge on any atom is 0.0831 e. The van der Waals surface area contributed by atoms with Crippen LogP contribution in [-0.4, -0.2) is 4.98 Å². The number of aromatic nitrogens is 1. The van der Waals surface area contributed by atoms with Crippen LogP contribution in [0.25, 0.3) is 0 Å². The normalized spacial score (nSPS) is 12.7. The van der Waals surface area contributed by atoms with Crippen LogP contribution in [0.2, 0.25) is 0 Å². The summed E-state index contributed by atoms with van der Waals surface area (Å²) < 4.78 is 1.06. The van der Waals surface area contributed by atoms with E-state index < -0.39 is 0 Å². The molecule has 0 radical (unpaired) electrons. The van der Waals surface area contributed by atoms with E-state index >= 15 is 0 Å². The molecule has 0 aliphatic carbocycles. The molecule has 0 aliphatic heterocycles. The summed E-state index contributed by atoms with van der Waals surface area (Å²) in [4.78, 5) is 5.55. The Labute approximate surface area is 101 Å². The Bertz CT molecular complexity index is 467. The summed E-state index contributed by atoms with van der Waals surface area (Å²) in [7, 11) is 0. The van der Waals surface area contributed by atoms with Crippen molar-refractivity contribution in [2.24, 2.45) is 5.73 Å². The first-order valence-electron chi connectivity index (χ1n) is 4.60. The van der Waals surface area contributed by atoms with Crippen molar-refractivity contribution >= 4 is 27.3 Å². The number of nitrogens with two attached hydrogens (primary N) is 1. The van der Waals surface area contributed by atoms with Crippen LogP contribution < -0.4 is 5.73 Å². The predicted octanol–water partition coefficient (Wildman–Crippen LogP) is 3.26. The van der Waals surface area contributed by atoms with Gasteiger partial charge in [0.1, 0.15) is 0 Å². The van der Waals surface area contributed by atoms with E-state index in [1.807, 2.05) is 36.6 Å². The molecule has 2 aromatic rings. The fraction of sp³-hybridized carbons (Fsp3) is 0.182. The molecule has 2 rings (SSSR count). The van der Waals surface area contributed by atoms with Crippen LogP contribution in [0.5, 0.6) is 0 Å². The topological polar surface area (TPSA) is 38.9 Å². The minimum absolute atomic E-state index is 0.140. The smallest absolute Gasteiger partial charge is 0.0831 e. The van der Waals surface area contributed by atoms with Crippen molar-refractivity contribution in [3.63, 3.8) is 0 Å². The fourth-order valence-electron chi connectivity index (χ4n) is 1.40. The van der Waals surface area contributed by atoms with Crippen molar-refractivity contribution in [2.45, 2.75) is 13.0 Å². The number of aryl methyl sites for hydroxylation is 1. The average Bonchev–Trinajstić information content (AvgIpc) is 2.63. The van der Waals surface area contributed by atoms with E-state index in [1.54, 1.807) is 11.3 Å². The van der Waals surface area contributed by atoms with Gasteiger partial charge in [0.15, 0.2) is 0 Å². The molecular weight excluding hydrogens is 272 g/mol. The molecule has 0 aromatic carbocycles. The van der Waals surface area contributed by atoms with Gasteiger partial charge in [-0.1, -0.05) is 6.07 Å². The molecule has 0 saturated heterocycles. The Morgan fingerprint density at radius 2 is 2.20 bits per heavy atom. The summed E-state index contributed by atoms with van der Waals surface area (Å²) in [6, 6.07) is 7.79. The number of halogens is 1. The highest BCUT2D eigenvalue weighted by atomic mass is 79.9. The van der Waals surface area contributed by atoms with Crippen molar-refractivity contribution < 1.29 is 0 Å². The number of pyridine rings is 1. The first-order chi connectivity index (χ1) is 7.18. The van der Waals surface area contributed by atoms with E-state index in [9.17, 15) is 0 Å². The first kappa shape index (κ1) is 10.8. The molecule has 4 heteroatoms. The van der Waals surface area contributed by atoms with Crippen LogP contribution >= 0.6 is 27.3 Å². The van der Waals surface area contributed by atoms with Gasteiger partial charge in [-0.15, -0.1) is 11.3 Å². The second-order valence-electron chi connectivity index (χ2n) is 3.31. The molecule has 0 aliphatic rings. The molecule has 2 N–H and O–H groups in total. The highest BCUT2D eigenvalue weighted by Crippen LogP contribution is 2.30. The van der Waals surface area contributed by atoms with Crippen molar-refractivity contribution in [1.82, 2.24) is 4.98 Å². The summed E-state index contributed by atoms with van der Waals surface area (Å²) in [5.41, 5.74) is 8.06. The molecule has 0 saturated carbocycles. The van der Waals surface area contributed by atoms with Gasteiger partial charge in [-0.2, -0.15) is 0 Å². The quantitative estimate of drug-likeness (QED) is 0.918. The fourth-order valence-corrected chi connectivity index (χ4v) is 3.03. The molecule has 0 fully saturated rings. The van der Waals surface area contributed by atoms with Crippen molar-refractivity contribution in [2.75, 3.05) is 0 Å². The standard InChI is InChI=1S/C11H11BrN2S/c1-7-3-2-4-9(14-7)10(13)11-8(12)5-6-15-11/h2-6,10H,13H2,1H3. The molecule has 78 valence electrons. The maximum absolute atomic E-state index is 6.15. The second kappa shape index (κ2) is 4.43. The van der Waals surface area contributed by atoms with Crippen molar-refractivity contribution in [1.29, 1.82) is 0 Å². The Balaban J connectivity index is 2.36. The van der Waals surface area contributed by atoms with Gasteiger partial charge in [-0.05, 0) is 46.4 Å². The highest BCUT2D eigenvalue weighted by Gasteiger charge is 2.14. The van der Waals surface area contributed by atoms with Crippen LogP contribution in [0.1, 0.15) is 22.3 Å². The van der Waals surface area contributed by atoms with Crippen molar-refractivity contribution in [3.8, 4) is 0 Å². The Kier molecular flexibility index (Phi) is 3.19. The summed E-state index contributed by atoms with van der Waals surface area (Å²) in [6.45, 7) is 1.97. The summed E-state index contributed by atoms with van der Waals surface area (Å²) >= 11 is 5.13. The predicted molar refractivity (Wildman–Crippen MR) is 67.0 cm³/mol. The second-order valence-corrected chi connectivity index (χ2v) is 5.12. The summed E-state index contributed by atoms with van der Waals surface area (Å²) in [6.07, 6.45) is 0. The molecule has 2 aromatic heterocycles. The van der Waals surface area contributed by atoms with Gasteiger partial charge < -0.3 is 5.73 Å². The van der Waals surface area contributed by atoms with E-state index in [0.29, 0.717) is 0 Å². The Morgan fingerprint density at radius 1 is 1.40 bits per heavy atom. The average molecular weight is 283 g/mol. The molecular formula is C11H11BrN2S. The van der Waals surface area contributed by atoms with Crippen LogP contribution in [0.3, 0.4) is 0 Å². The minimum atomic E-state index is -0.140. The van der Waals surface area contributed by atoms with Gasteiger partial charge in [0.05, 0.1) is 11.7 Å². The molecule has 0 amide bonds. The zero-order valence-corrected chi connectivity index (χ0v) is 10.7. The number of hydrogen-bond donors (Lipinski definition) is 1. The summed E-state index contributed by atoms with van der Waals surface area (Å²) in [5.74, 6) is 0. The van der Waals surface area contributed by atoms with Crippen molar-refractivity contribution in [3.05, 3.63) is 50.4 Å². The van der Waals surface area contributed by atoms with Gasteiger partial charge in [0.25, 0.3) is 0 Å². The minimum Gasteiger partial charge on any atom is -0.318 e. The van der Waals surface area contributed by atoms with Gasteiger partial charge in [-0.3, -0.25) is 4.98 Å². The highest BCUT2D eigenvalue weighted by molar-refractivity contribution is 9.10. The number of thiophene rings is 1. The summed E-state index contributed by atoms with van der Waals surface area (Å²) in [5, 5.41) is 2.02. The van der Waals surface area contributed by atoms with E-state index in [1.165, 1.54) is 0 Å².